The Labute approximate surface area is 147 Å². The van der Waals surface area contributed by atoms with Crippen LogP contribution in [0.2, 0.25) is 0 Å². The van der Waals surface area contributed by atoms with Crippen LogP contribution in [0.15, 0.2) is 30.3 Å². The topological polar surface area (TPSA) is 3.24 Å². The molecule has 0 aliphatic rings. The third-order valence-corrected chi connectivity index (χ3v) is 11.1. The largest absolute Gasteiger partial charge is 0.363 e. The number of anilines is 1. The maximum absolute atomic E-state index is 2.71. The summed E-state index contributed by atoms with van der Waals surface area (Å²) < 4.78 is 0. The summed E-state index contributed by atoms with van der Waals surface area (Å²) in [5.41, 5.74) is 4.58. The molecular formula is C20H37NP2. The molecule has 0 saturated heterocycles. The first-order valence-electron chi connectivity index (χ1n) is 9.05. The Morgan fingerprint density at radius 2 is 1.00 bits per heavy atom. The summed E-state index contributed by atoms with van der Waals surface area (Å²) in [6, 6.07) is 11.1. The fraction of sp³-hybridized carbons (Fsp3) is 0.700. The Morgan fingerprint density at radius 1 is 0.652 bits per heavy atom. The zero-order valence-electron chi connectivity index (χ0n) is 16.5. The Hall–Kier alpha value is -0.120. The van der Waals surface area contributed by atoms with E-state index in [9.17, 15) is 0 Å². The van der Waals surface area contributed by atoms with E-state index in [1.165, 1.54) is 18.3 Å². The summed E-state index contributed by atoms with van der Waals surface area (Å²) >= 11 is 0. The van der Waals surface area contributed by atoms with Gasteiger partial charge in [-0.05, 0) is 34.8 Å². The van der Waals surface area contributed by atoms with Crippen molar-refractivity contribution < 1.29 is 0 Å². The monoisotopic (exact) mass is 353 g/mol. The molecule has 0 bridgehead atoms. The van der Waals surface area contributed by atoms with E-state index in [4.69, 9.17) is 0 Å². The lowest BCUT2D eigenvalue weighted by Gasteiger charge is -2.38. The van der Waals surface area contributed by atoms with Gasteiger partial charge in [0.05, 0.1) is 0 Å². The number of hydrogen-bond donors (Lipinski definition) is 0. The van der Waals surface area contributed by atoms with Gasteiger partial charge in [0, 0.05) is 18.3 Å². The molecule has 0 atom stereocenters. The quantitative estimate of drug-likeness (QED) is 0.432. The molecule has 3 heteroatoms. The SMILES string of the molecule is CC(C)P(CN(CP(C(C)C)C(C)C)c1ccccc1)C(C)C. The van der Waals surface area contributed by atoms with E-state index in [2.05, 4.69) is 90.6 Å². The first-order chi connectivity index (χ1) is 10.7. The van der Waals surface area contributed by atoms with Crippen molar-refractivity contribution in [3.8, 4) is 0 Å². The average molecular weight is 353 g/mol. The molecule has 1 aromatic carbocycles. The highest BCUT2D eigenvalue weighted by Crippen LogP contribution is 2.51. The molecule has 0 N–H and O–H groups in total. The van der Waals surface area contributed by atoms with Crippen molar-refractivity contribution in [3.63, 3.8) is 0 Å². The normalized spacial score (nSPS) is 12.4. The molecule has 0 amide bonds. The lowest BCUT2D eigenvalue weighted by Crippen LogP contribution is -2.29. The van der Waals surface area contributed by atoms with Crippen LogP contribution in [-0.2, 0) is 0 Å². The summed E-state index contributed by atoms with van der Waals surface area (Å²) in [4.78, 5) is 2.71. The molecule has 0 heterocycles. The van der Waals surface area contributed by atoms with Gasteiger partial charge in [-0.1, -0.05) is 89.4 Å². The molecule has 23 heavy (non-hydrogen) atoms. The Bertz CT molecular complexity index is 391. The fourth-order valence-corrected chi connectivity index (χ4v) is 8.25. The van der Waals surface area contributed by atoms with E-state index in [-0.39, 0.29) is 15.8 Å². The van der Waals surface area contributed by atoms with Crippen molar-refractivity contribution in [2.75, 3.05) is 17.5 Å². The Kier molecular flexibility index (Phi) is 9.10. The number of hydrogen-bond acceptors (Lipinski definition) is 1. The minimum Gasteiger partial charge on any atom is -0.363 e. The van der Waals surface area contributed by atoms with E-state index in [1.807, 2.05) is 0 Å². The minimum atomic E-state index is 0.0255. The third kappa shape index (κ3) is 6.72. The van der Waals surface area contributed by atoms with Crippen LogP contribution in [0.25, 0.3) is 0 Å². The predicted octanol–water partition coefficient (Wildman–Crippen LogP) is 7.01. The molecule has 0 saturated carbocycles. The molecule has 0 spiro atoms. The minimum absolute atomic E-state index is 0.0255. The second-order valence-corrected chi connectivity index (χ2v) is 14.3. The van der Waals surface area contributed by atoms with Crippen LogP contribution in [-0.4, -0.2) is 35.2 Å². The molecular weight excluding hydrogens is 316 g/mol. The smallest absolute Gasteiger partial charge is 0.0385 e. The van der Waals surface area contributed by atoms with Crippen molar-refractivity contribution in [1.29, 1.82) is 0 Å². The standard InChI is InChI=1S/C20H37NP2/c1-16(2)22(17(3)4)14-21(20-12-10-9-11-13-20)15-23(18(5)6)19(7)8/h9-13,16-19H,14-15H2,1-8H3. The van der Waals surface area contributed by atoms with Gasteiger partial charge in [-0.3, -0.25) is 0 Å². The second-order valence-electron chi connectivity index (χ2n) is 7.56. The van der Waals surface area contributed by atoms with E-state index >= 15 is 0 Å². The van der Waals surface area contributed by atoms with Crippen molar-refractivity contribution in [1.82, 2.24) is 0 Å². The van der Waals surface area contributed by atoms with Crippen molar-refractivity contribution in [2.24, 2.45) is 0 Å². The molecule has 1 aromatic rings. The van der Waals surface area contributed by atoms with Gasteiger partial charge < -0.3 is 4.90 Å². The molecule has 0 fully saturated rings. The lowest BCUT2D eigenvalue weighted by molar-refractivity contribution is 0.936. The average Bonchev–Trinajstić information content (AvgIpc) is 2.46. The van der Waals surface area contributed by atoms with Gasteiger partial charge in [0.2, 0.25) is 0 Å². The van der Waals surface area contributed by atoms with Gasteiger partial charge in [0.1, 0.15) is 0 Å². The summed E-state index contributed by atoms with van der Waals surface area (Å²) in [6.07, 6.45) is 2.49. The molecule has 1 nitrogen and oxygen atoms in total. The Morgan fingerprint density at radius 3 is 1.30 bits per heavy atom. The fourth-order valence-electron chi connectivity index (χ4n) is 3.09. The van der Waals surface area contributed by atoms with Gasteiger partial charge in [-0.25, -0.2) is 0 Å². The van der Waals surface area contributed by atoms with E-state index < -0.39 is 0 Å². The number of nitrogens with zero attached hydrogens (tertiary/aromatic N) is 1. The highest BCUT2D eigenvalue weighted by molar-refractivity contribution is 7.60. The number of para-hydroxylation sites is 1. The van der Waals surface area contributed by atoms with E-state index in [1.54, 1.807) is 0 Å². The molecule has 0 aromatic heterocycles. The van der Waals surface area contributed by atoms with Gasteiger partial charge in [0.25, 0.3) is 0 Å². The molecule has 0 radical (unpaired) electrons. The van der Waals surface area contributed by atoms with Crippen LogP contribution in [0.5, 0.6) is 0 Å². The predicted molar refractivity (Wildman–Crippen MR) is 113 cm³/mol. The molecule has 0 aliphatic carbocycles. The van der Waals surface area contributed by atoms with Crippen LogP contribution >= 0.6 is 15.8 Å². The van der Waals surface area contributed by atoms with Crippen molar-refractivity contribution in [3.05, 3.63) is 30.3 Å². The summed E-state index contributed by atoms with van der Waals surface area (Å²) in [5.74, 6) is 0. The lowest BCUT2D eigenvalue weighted by atomic mass is 10.3. The molecule has 0 unspecified atom stereocenters. The van der Waals surface area contributed by atoms with Crippen LogP contribution in [0.4, 0.5) is 5.69 Å². The number of benzene rings is 1. The number of rotatable bonds is 9. The van der Waals surface area contributed by atoms with Gasteiger partial charge in [0.15, 0.2) is 0 Å². The van der Waals surface area contributed by atoms with E-state index in [0.29, 0.717) is 0 Å². The van der Waals surface area contributed by atoms with Crippen LogP contribution in [0.3, 0.4) is 0 Å². The van der Waals surface area contributed by atoms with Crippen molar-refractivity contribution >= 4 is 21.5 Å². The molecule has 0 aliphatic heterocycles. The van der Waals surface area contributed by atoms with Crippen LogP contribution in [0.1, 0.15) is 55.4 Å². The maximum atomic E-state index is 2.71. The summed E-state index contributed by atoms with van der Waals surface area (Å²) in [7, 11) is 0.0510. The zero-order valence-corrected chi connectivity index (χ0v) is 18.2. The molecule has 1 rings (SSSR count). The van der Waals surface area contributed by atoms with Gasteiger partial charge in [-0.2, -0.15) is 0 Å². The third-order valence-electron chi connectivity index (χ3n) is 4.44. The second kappa shape index (κ2) is 10.0. The zero-order chi connectivity index (χ0) is 17.6. The van der Waals surface area contributed by atoms with Crippen LogP contribution in [0, 0.1) is 0 Å². The van der Waals surface area contributed by atoms with Gasteiger partial charge in [-0.15, -0.1) is 0 Å². The summed E-state index contributed by atoms with van der Waals surface area (Å²) in [5, 5.41) is 0. The first kappa shape index (κ1) is 20.9. The van der Waals surface area contributed by atoms with Crippen molar-refractivity contribution in [2.45, 2.75) is 78.0 Å². The van der Waals surface area contributed by atoms with E-state index in [0.717, 1.165) is 22.6 Å². The highest BCUT2D eigenvalue weighted by atomic mass is 31.1. The van der Waals surface area contributed by atoms with Gasteiger partial charge >= 0.3 is 0 Å². The maximum Gasteiger partial charge on any atom is 0.0385 e. The highest BCUT2D eigenvalue weighted by Gasteiger charge is 2.25. The molecule has 132 valence electrons. The first-order valence-corrected chi connectivity index (χ1v) is 12.4. The summed E-state index contributed by atoms with van der Waals surface area (Å²) in [6.45, 7) is 19.2. The Balaban J connectivity index is 3.02. The van der Waals surface area contributed by atoms with Crippen LogP contribution < -0.4 is 4.90 Å².